The summed E-state index contributed by atoms with van der Waals surface area (Å²) in [7, 11) is 0. The fraction of sp³-hybridized carbons (Fsp3) is 0.130. The van der Waals surface area contributed by atoms with Gasteiger partial charge in [-0.05, 0) is 36.4 Å². The first-order valence-corrected chi connectivity index (χ1v) is 10.2. The zero-order chi connectivity index (χ0) is 21.2. The van der Waals surface area contributed by atoms with E-state index in [4.69, 9.17) is 9.84 Å². The minimum absolute atomic E-state index is 0.0633. The molecule has 6 nitrogen and oxygen atoms in total. The Hall–Kier alpha value is -3.29. The molecule has 0 heterocycles. The topological polar surface area (TPSA) is 87.7 Å². The molecule has 1 amide bonds. The smallest absolute Gasteiger partial charge is 0.340 e. The second-order valence-electron chi connectivity index (χ2n) is 6.23. The minimum atomic E-state index is -0.613. The molecular formula is C23H22N2O4S. The highest BCUT2D eigenvalue weighted by molar-refractivity contribution is 7.99. The van der Waals surface area contributed by atoms with E-state index in [9.17, 15) is 9.59 Å². The summed E-state index contributed by atoms with van der Waals surface area (Å²) in [5.74, 6) is -1.04. The van der Waals surface area contributed by atoms with Crippen molar-refractivity contribution >= 4 is 35.0 Å². The molecule has 3 aromatic carbocycles. The second kappa shape index (κ2) is 11.0. The molecule has 0 bridgehead atoms. The lowest BCUT2D eigenvalue weighted by Crippen LogP contribution is -2.22. The number of para-hydroxylation sites is 2. The third-order valence-corrected chi connectivity index (χ3v) is 5.12. The van der Waals surface area contributed by atoms with E-state index in [-0.39, 0.29) is 6.61 Å². The van der Waals surface area contributed by atoms with Gasteiger partial charge in [0.1, 0.15) is 0 Å². The van der Waals surface area contributed by atoms with Crippen molar-refractivity contribution in [2.24, 2.45) is 0 Å². The molecule has 0 aromatic heterocycles. The summed E-state index contributed by atoms with van der Waals surface area (Å²) >= 11 is 1.54. The number of carbonyl (C=O) groups is 2. The minimum Gasteiger partial charge on any atom is -0.452 e. The van der Waals surface area contributed by atoms with Crippen molar-refractivity contribution in [3.63, 3.8) is 0 Å². The van der Waals surface area contributed by atoms with E-state index in [0.717, 1.165) is 9.79 Å². The van der Waals surface area contributed by atoms with Gasteiger partial charge in [0, 0.05) is 22.0 Å². The Bertz CT molecular complexity index is 995. The summed E-state index contributed by atoms with van der Waals surface area (Å²) in [6.45, 7) is -0.162. The van der Waals surface area contributed by atoms with E-state index in [1.807, 2.05) is 48.5 Å². The van der Waals surface area contributed by atoms with Crippen LogP contribution < -0.4 is 10.6 Å². The Labute approximate surface area is 179 Å². The lowest BCUT2D eigenvalue weighted by atomic mass is 10.2. The SMILES string of the molecule is O=C(COC(=O)c1ccccc1NCCO)Nc1ccccc1Sc1ccccc1. The van der Waals surface area contributed by atoms with Crippen molar-refractivity contribution in [3.05, 3.63) is 84.4 Å². The monoisotopic (exact) mass is 422 g/mol. The van der Waals surface area contributed by atoms with Crippen LogP contribution in [-0.4, -0.2) is 36.7 Å². The molecule has 0 aliphatic carbocycles. The Morgan fingerprint density at radius 1 is 0.867 bits per heavy atom. The fourth-order valence-corrected chi connectivity index (χ4v) is 3.60. The van der Waals surface area contributed by atoms with Crippen LogP contribution in [0.3, 0.4) is 0 Å². The predicted molar refractivity (Wildman–Crippen MR) is 118 cm³/mol. The number of hydrogen-bond acceptors (Lipinski definition) is 6. The summed E-state index contributed by atoms with van der Waals surface area (Å²) in [6.07, 6.45) is 0. The van der Waals surface area contributed by atoms with Gasteiger partial charge in [-0.15, -0.1) is 0 Å². The highest BCUT2D eigenvalue weighted by Gasteiger charge is 2.15. The van der Waals surface area contributed by atoms with Crippen LogP contribution in [0.2, 0.25) is 0 Å². The number of esters is 1. The first-order valence-electron chi connectivity index (χ1n) is 9.40. The van der Waals surface area contributed by atoms with Crippen molar-refractivity contribution in [1.29, 1.82) is 0 Å². The lowest BCUT2D eigenvalue weighted by Gasteiger charge is -2.12. The molecule has 3 N–H and O–H groups in total. The van der Waals surface area contributed by atoms with Crippen LogP contribution in [0.4, 0.5) is 11.4 Å². The molecule has 0 unspecified atom stereocenters. The lowest BCUT2D eigenvalue weighted by molar-refractivity contribution is -0.119. The van der Waals surface area contributed by atoms with Gasteiger partial charge in [-0.25, -0.2) is 4.79 Å². The first-order chi connectivity index (χ1) is 14.7. The van der Waals surface area contributed by atoms with Gasteiger partial charge in [-0.3, -0.25) is 4.79 Å². The van der Waals surface area contributed by atoms with E-state index in [0.29, 0.717) is 23.5 Å². The normalized spacial score (nSPS) is 10.3. The van der Waals surface area contributed by atoms with Crippen LogP contribution >= 0.6 is 11.8 Å². The standard InChI is InChI=1S/C23H22N2O4S/c26-15-14-24-19-11-5-4-10-18(19)23(28)29-16-22(27)25-20-12-6-7-13-21(20)30-17-8-2-1-3-9-17/h1-13,24,26H,14-16H2,(H,25,27). The number of amides is 1. The molecule has 0 atom stereocenters. The van der Waals surface area contributed by atoms with E-state index in [1.165, 1.54) is 11.8 Å². The molecule has 0 spiro atoms. The maximum atomic E-state index is 12.4. The highest BCUT2D eigenvalue weighted by Crippen LogP contribution is 2.33. The molecule has 0 aliphatic heterocycles. The Morgan fingerprint density at radius 2 is 1.53 bits per heavy atom. The van der Waals surface area contributed by atoms with Gasteiger partial charge in [0.2, 0.25) is 0 Å². The van der Waals surface area contributed by atoms with Gasteiger partial charge >= 0.3 is 5.97 Å². The first kappa shape index (κ1) is 21.4. The number of benzene rings is 3. The summed E-state index contributed by atoms with van der Waals surface area (Å²) in [6, 6.07) is 24.1. The molecule has 0 fully saturated rings. The molecule has 0 saturated heterocycles. The summed E-state index contributed by atoms with van der Waals surface area (Å²) in [5, 5.41) is 14.7. The number of aliphatic hydroxyl groups is 1. The average molecular weight is 423 g/mol. The maximum Gasteiger partial charge on any atom is 0.340 e. The Balaban J connectivity index is 1.60. The molecule has 0 radical (unpaired) electrons. The summed E-state index contributed by atoms with van der Waals surface area (Å²) in [5.41, 5.74) is 1.50. The van der Waals surface area contributed by atoms with E-state index >= 15 is 0 Å². The van der Waals surface area contributed by atoms with Crippen LogP contribution in [-0.2, 0) is 9.53 Å². The summed E-state index contributed by atoms with van der Waals surface area (Å²) < 4.78 is 5.18. The molecule has 154 valence electrons. The van der Waals surface area contributed by atoms with Gasteiger partial charge in [0.25, 0.3) is 5.91 Å². The quantitative estimate of drug-likeness (QED) is 0.451. The fourth-order valence-electron chi connectivity index (χ4n) is 2.68. The largest absolute Gasteiger partial charge is 0.452 e. The number of anilines is 2. The van der Waals surface area contributed by atoms with Gasteiger partial charge in [0.15, 0.2) is 6.61 Å². The molecule has 7 heteroatoms. The Morgan fingerprint density at radius 3 is 2.30 bits per heavy atom. The zero-order valence-electron chi connectivity index (χ0n) is 16.2. The maximum absolute atomic E-state index is 12.4. The van der Waals surface area contributed by atoms with Crippen LogP contribution in [0.1, 0.15) is 10.4 Å². The highest BCUT2D eigenvalue weighted by atomic mass is 32.2. The molecule has 0 aliphatic rings. The second-order valence-corrected chi connectivity index (χ2v) is 7.35. The zero-order valence-corrected chi connectivity index (χ0v) is 17.0. The molecule has 3 aromatic rings. The van der Waals surface area contributed by atoms with Crippen LogP contribution in [0.5, 0.6) is 0 Å². The number of carbonyl (C=O) groups excluding carboxylic acids is 2. The average Bonchev–Trinajstić information content (AvgIpc) is 2.78. The third kappa shape index (κ3) is 6.10. The van der Waals surface area contributed by atoms with E-state index in [1.54, 1.807) is 30.3 Å². The van der Waals surface area contributed by atoms with Gasteiger partial charge in [-0.2, -0.15) is 0 Å². The van der Waals surface area contributed by atoms with Crippen LogP contribution in [0.25, 0.3) is 0 Å². The van der Waals surface area contributed by atoms with Crippen molar-refractivity contribution in [1.82, 2.24) is 0 Å². The van der Waals surface area contributed by atoms with Crippen molar-refractivity contribution in [2.75, 3.05) is 30.4 Å². The Kier molecular flexibility index (Phi) is 7.88. The van der Waals surface area contributed by atoms with Crippen molar-refractivity contribution in [3.8, 4) is 0 Å². The number of aliphatic hydroxyl groups excluding tert-OH is 1. The number of hydrogen-bond donors (Lipinski definition) is 3. The van der Waals surface area contributed by atoms with E-state index in [2.05, 4.69) is 10.6 Å². The number of nitrogens with one attached hydrogen (secondary N) is 2. The van der Waals surface area contributed by atoms with Crippen molar-refractivity contribution in [2.45, 2.75) is 9.79 Å². The molecule has 3 rings (SSSR count). The van der Waals surface area contributed by atoms with Crippen molar-refractivity contribution < 1.29 is 19.4 Å². The molecular weight excluding hydrogens is 400 g/mol. The number of ether oxygens (including phenoxy) is 1. The third-order valence-electron chi connectivity index (χ3n) is 4.04. The summed E-state index contributed by atoms with van der Waals surface area (Å²) in [4.78, 5) is 26.7. The molecule has 0 saturated carbocycles. The van der Waals surface area contributed by atoms with Gasteiger partial charge < -0.3 is 20.5 Å². The number of rotatable bonds is 9. The molecule has 30 heavy (non-hydrogen) atoms. The van der Waals surface area contributed by atoms with Gasteiger partial charge in [-0.1, -0.05) is 54.2 Å². The van der Waals surface area contributed by atoms with Crippen LogP contribution in [0.15, 0.2) is 88.7 Å². The van der Waals surface area contributed by atoms with Gasteiger partial charge in [0.05, 0.1) is 17.9 Å². The van der Waals surface area contributed by atoms with Crippen LogP contribution in [0, 0.1) is 0 Å². The predicted octanol–water partition coefficient (Wildman–Crippen LogP) is 4.04. The van der Waals surface area contributed by atoms with E-state index < -0.39 is 18.5 Å².